The number of carbonyl (C=O) groups is 2. The van der Waals surface area contributed by atoms with Crippen molar-refractivity contribution in [1.29, 1.82) is 0 Å². The average molecular weight is 391 g/mol. The van der Waals surface area contributed by atoms with E-state index in [-0.39, 0.29) is 23.6 Å². The molecule has 0 bridgehead atoms. The van der Waals surface area contributed by atoms with Crippen LogP contribution < -0.4 is 5.32 Å². The smallest absolute Gasteiger partial charge is 0.307 e. The quantitative estimate of drug-likeness (QED) is 0.656. The fourth-order valence-corrected chi connectivity index (χ4v) is 2.72. The summed E-state index contributed by atoms with van der Waals surface area (Å²) in [6.07, 6.45) is 4.87. The molecule has 140 valence electrons. The number of amides is 1. The normalized spacial score (nSPS) is 10.6. The summed E-state index contributed by atoms with van der Waals surface area (Å²) in [4.78, 5) is 23.8. The van der Waals surface area contributed by atoms with Crippen LogP contribution in [0.2, 0.25) is 5.02 Å². The highest BCUT2D eigenvalue weighted by Gasteiger charge is 2.21. The van der Waals surface area contributed by atoms with Crippen LogP contribution in [-0.2, 0) is 9.53 Å². The Hall–Kier alpha value is -3.13. The maximum atomic E-state index is 13.7. The Morgan fingerprint density at radius 3 is 2.74 bits per heavy atom. The molecule has 0 aliphatic heterocycles. The zero-order chi connectivity index (χ0) is 19.4. The number of aromatic nitrogens is 3. The number of methoxy groups -OCH3 is 1. The van der Waals surface area contributed by atoms with E-state index in [4.69, 9.17) is 11.6 Å². The van der Waals surface area contributed by atoms with E-state index in [0.717, 1.165) is 0 Å². The van der Waals surface area contributed by atoms with Crippen LogP contribution in [0.15, 0.2) is 48.9 Å². The topological polar surface area (TPSA) is 78.2 Å². The summed E-state index contributed by atoms with van der Waals surface area (Å²) in [5.74, 6) is -0.944. The van der Waals surface area contributed by atoms with Gasteiger partial charge in [-0.25, -0.2) is 9.07 Å². The summed E-state index contributed by atoms with van der Waals surface area (Å²) in [6, 6.07) is 7.46. The number of esters is 1. The van der Waals surface area contributed by atoms with Crippen LogP contribution >= 0.6 is 11.6 Å². The van der Waals surface area contributed by atoms with Gasteiger partial charge in [-0.15, -0.1) is 0 Å². The van der Waals surface area contributed by atoms with Gasteiger partial charge in [-0.3, -0.25) is 9.59 Å². The lowest BCUT2D eigenvalue weighted by Gasteiger charge is -2.12. The van der Waals surface area contributed by atoms with Crippen LogP contribution in [0.4, 0.5) is 4.39 Å². The van der Waals surface area contributed by atoms with Gasteiger partial charge in [-0.2, -0.15) is 5.10 Å². The lowest BCUT2D eigenvalue weighted by Crippen LogP contribution is -2.27. The van der Waals surface area contributed by atoms with Gasteiger partial charge >= 0.3 is 5.97 Å². The van der Waals surface area contributed by atoms with Crippen molar-refractivity contribution in [3.8, 4) is 11.5 Å². The Kier molecular flexibility index (Phi) is 5.56. The van der Waals surface area contributed by atoms with Crippen molar-refractivity contribution in [2.75, 3.05) is 13.7 Å². The van der Waals surface area contributed by atoms with Crippen LogP contribution in [-0.4, -0.2) is 39.9 Å². The molecule has 1 amide bonds. The molecule has 9 heteroatoms. The van der Waals surface area contributed by atoms with Crippen LogP contribution in [0.1, 0.15) is 16.8 Å². The van der Waals surface area contributed by atoms with E-state index in [1.54, 1.807) is 29.1 Å². The summed E-state index contributed by atoms with van der Waals surface area (Å²) < 4.78 is 21.3. The van der Waals surface area contributed by atoms with Crippen LogP contribution in [0.5, 0.6) is 0 Å². The standard InChI is InChI=1S/C18H16ClFN4O3/c1-27-16(25)6-7-21-17(26)13-11-22-24(18(13)23-8-2-3-9-23)15-10-12(20)4-5-14(15)19/h2-5,8-11H,6-7H2,1H3,(H,21,26). The minimum absolute atomic E-state index is 0.0466. The number of rotatable bonds is 6. The van der Waals surface area contributed by atoms with Crippen molar-refractivity contribution in [3.63, 3.8) is 0 Å². The third kappa shape index (κ3) is 4.01. The minimum Gasteiger partial charge on any atom is -0.469 e. The second kappa shape index (κ2) is 8.05. The SMILES string of the molecule is COC(=O)CCNC(=O)c1cnn(-c2cc(F)ccc2Cl)c1-n1cccc1. The molecule has 0 atom stereocenters. The van der Waals surface area contributed by atoms with E-state index >= 15 is 0 Å². The predicted octanol–water partition coefficient (Wildman–Crippen LogP) is 2.75. The molecule has 0 spiro atoms. The number of carbonyl (C=O) groups excluding carboxylic acids is 2. The highest BCUT2D eigenvalue weighted by molar-refractivity contribution is 6.32. The second-order valence-electron chi connectivity index (χ2n) is 5.56. The maximum absolute atomic E-state index is 13.7. The summed E-state index contributed by atoms with van der Waals surface area (Å²) in [6.45, 7) is 0.114. The van der Waals surface area contributed by atoms with Crippen molar-refractivity contribution >= 4 is 23.5 Å². The van der Waals surface area contributed by atoms with Crippen molar-refractivity contribution < 1.29 is 18.7 Å². The summed E-state index contributed by atoms with van der Waals surface area (Å²) >= 11 is 6.20. The van der Waals surface area contributed by atoms with Crippen molar-refractivity contribution in [2.24, 2.45) is 0 Å². The van der Waals surface area contributed by atoms with Gasteiger partial charge in [-0.05, 0) is 24.3 Å². The maximum Gasteiger partial charge on any atom is 0.307 e. The van der Waals surface area contributed by atoms with Gasteiger partial charge < -0.3 is 14.6 Å². The molecule has 1 aromatic carbocycles. The second-order valence-corrected chi connectivity index (χ2v) is 5.97. The number of nitrogens with zero attached hydrogens (tertiary/aromatic N) is 3. The van der Waals surface area contributed by atoms with Crippen LogP contribution in [0.25, 0.3) is 11.5 Å². The summed E-state index contributed by atoms with van der Waals surface area (Å²) in [7, 11) is 1.28. The van der Waals surface area contributed by atoms with Gasteiger partial charge in [0, 0.05) is 25.0 Å². The van der Waals surface area contributed by atoms with E-state index in [0.29, 0.717) is 11.5 Å². The fourth-order valence-electron chi connectivity index (χ4n) is 2.53. The average Bonchev–Trinajstić information content (AvgIpc) is 3.32. The van der Waals surface area contributed by atoms with E-state index in [1.807, 2.05) is 0 Å². The molecule has 2 heterocycles. The number of hydrogen-bond donors (Lipinski definition) is 1. The lowest BCUT2D eigenvalue weighted by atomic mass is 10.2. The van der Waals surface area contributed by atoms with Gasteiger partial charge in [-0.1, -0.05) is 11.6 Å². The van der Waals surface area contributed by atoms with Gasteiger partial charge in [0.1, 0.15) is 11.4 Å². The van der Waals surface area contributed by atoms with Crippen LogP contribution in [0, 0.1) is 5.82 Å². The first-order valence-electron chi connectivity index (χ1n) is 8.03. The predicted molar refractivity (Wildman–Crippen MR) is 96.8 cm³/mol. The molecule has 0 unspecified atom stereocenters. The molecule has 3 rings (SSSR count). The van der Waals surface area contributed by atoms with Gasteiger partial charge in [0.2, 0.25) is 0 Å². The van der Waals surface area contributed by atoms with E-state index in [9.17, 15) is 14.0 Å². The summed E-state index contributed by atoms with van der Waals surface area (Å²) in [5, 5.41) is 7.14. The van der Waals surface area contributed by atoms with Crippen molar-refractivity contribution in [1.82, 2.24) is 19.7 Å². The minimum atomic E-state index is -0.479. The zero-order valence-electron chi connectivity index (χ0n) is 14.4. The first-order valence-corrected chi connectivity index (χ1v) is 8.41. The molecular formula is C18H16ClFN4O3. The number of benzene rings is 1. The Labute approximate surface area is 159 Å². The number of ether oxygens (including phenoxy) is 1. The fraction of sp³-hybridized carbons (Fsp3) is 0.167. The Morgan fingerprint density at radius 1 is 1.30 bits per heavy atom. The Balaban J connectivity index is 1.98. The zero-order valence-corrected chi connectivity index (χ0v) is 15.1. The van der Waals surface area contributed by atoms with E-state index in [2.05, 4.69) is 15.2 Å². The van der Waals surface area contributed by atoms with Crippen molar-refractivity contribution in [2.45, 2.75) is 6.42 Å². The molecule has 0 aliphatic rings. The molecule has 2 aromatic heterocycles. The highest BCUT2D eigenvalue weighted by Crippen LogP contribution is 2.26. The third-order valence-corrected chi connectivity index (χ3v) is 4.14. The van der Waals surface area contributed by atoms with E-state index < -0.39 is 17.7 Å². The number of nitrogens with one attached hydrogen (secondary N) is 1. The Bertz CT molecular complexity index is 969. The molecule has 0 aliphatic carbocycles. The molecule has 7 nitrogen and oxygen atoms in total. The van der Waals surface area contributed by atoms with E-state index in [1.165, 1.54) is 36.2 Å². The molecule has 1 N–H and O–H groups in total. The molecular weight excluding hydrogens is 375 g/mol. The van der Waals surface area contributed by atoms with Gasteiger partial charge in [0.05, 0.1) is 30.4 Å². The molecule has 27 heavy (non-hydrogen) atoms. The van der Waals surface area contributed by atoms with Gasteiger partial charge in [0.15, 0.2) is 5.82 Å². The first kappa shape index (κ1) is 18.7. The van der Waals surface area contributed by atoms with Gasteiger partial charge in [0.25, 0.3) is 5.91 Å². The monoisotopic (exact) mass is 390 g/mol. The molecule has 0 saturated carbocycles. The number of hydrogen-bond acceptors (Lipinski definition) is 4. The largest absolute Gasteiger partial charge is 0.469 e. The summed E-state index contributed by atoms with van der Waals surface area (Å²) in [5.41, 5.74) is 0.547. The number of halogens is 2. The third-order valence-electron chi connectivity index (χ3n) is 3.82. The highest BCUT2D eigenvalue weighted by atomic mass is 35.5. The molecule has 0 fully saturated rings. The molecule has 3 aromatic rings. The lowest BCUT2D eigenvalue weighted by molar-refractivity contribution is -0.140. The first-order chi connectivity index (χ1) is 13.0. The van der Waals surface area contributed by atoms with Crippen LogP contribution in [0.3, 0.4) is 0 Å². The molecule has 0 saturated heterocycles. The Morgan fingerprint density at radius 2 is 2.04 bits per heavy atom. The molecule has 0 radical (unpaired) electrons. The van der Waals surface area contributed by atoms with Crippen molar-refractivity contribution in [3.05, 3.63) is 65.3 Å².